The second kappa shape index (κ2) is 6.13. The van der Waals surface area contributed by atoms with E-state index in [1.807, 2.05) is 19.0 Å². The summed E-state index contributed by atoms with van der Waals surface area (Å²) in [4.78, 5) is 16.8. The van der Waals surface area contributed by atoms with Crippen molar-refractivity contribution in [1.29, 1.82) is 0 Å². The van der Waals surface area contributed by atoms with Crippen LogP contribution in [-0.2, 0) is 0 Å². The Morgan fingerprint density at radius 3 is 2.90 bits per heavy atom. The molecule has 1 aliphatic heterocycles. The molecule has 5 heteroatoms. The zero-order valence-electron chi connectivity index (χ0n) is 12.4. The summed E-state index contributed by atoms with van der Waals surface area (Å²) < 4.78 is 5.29. The summed E-state index contributed by atoms with van der Waals surface area (Å²) in [6.45, 7) is 1.66. The molecule has 1 atom stereocenters. The van der Waals surface area contributed by atoms with Gasteiger partial charge in [0.15, 0.2) is 0 Å². The quantitative estimate of drug-likeness (QED) is 0.846. The van der Waals surface area contributed by atoms with Crippen LogP contribution in [0.25, 0.3) is 0 Å². The highest BCUT2D eigenvalue weighted by Crippen LogP contribution is 2.29. The van der Waals surface area contributed by atoms with Gasteiger partial charge >= 0.3 is 0 Å². The number of carbonyl (C=O) groups excluding carboxylic acids is 1. The maximum Gasteiger partial charge on any atom is 0.260 e. The van der Waals surface area contributed by atoms with Gasteiger partial charge in [-0.15, -0.1) is 0 Å². The monoisotopic (exact) mass is 277 g/mol. The van der Waals surface area contributed by atoms with Gasteiger partial charge < -0.3 is 20.3 Å². The summed E-state index contributed by atoms with van der Waals surface area (Å²) in [5, 5.41) is 0. The summed E-state index contributed by atoms with van der Waals surface area (Å²) in [5.74, 6) is 0.523. The van der Waals surface area contributed by atoms with E-state index in [9.17, 15) is 4.79 Å². The standard InChI is InChI=1S/C15H23N3O2/c1-17(2)10-11-6-5-9-18(11)15(19)14-12(16)7-4-8-13(14)20-3/h4,7-8,11H,5-6,9-10,16H2,1-3H3. The Balaban J connectivity index is 2.27. The van der Waals surface area contributed by atoms with Crippen LogP contribution < -0.4 is 10.5 Å². The van der Waals surface area contributed by atoms with Gasteiger partial charge in [0.1, 0.15) is 11.3 Å². The third kappa shape index (κ3) is 2.88. The molecule has 1 unspecified atom stereocenters. The number of benzene rings is 1. The van der Waals surface area contributed by atoms with E-state index in [-0.39, 0.29) is 11.9 Å². The fourth-order valence-corrected chi connectivity index (χ4v) is 2.81. The molecular weight excluding hydrogens is 254 g/mol. The number of likely N-dealkylation sites (N-methyl/N-ethyl adjacent to an activating group) is 1. The summed E-state index contributed by atoms with van der Waals surface area (Å²) in [5.41, 5.74) is 6.94. The van der Waals surface area contributed by atoms with Crippen LogP contribution in [-0.4, -0.2) is 56.0 Å². The van der Waals surface area contributed by atoms with Crippen molar-refractivity contribution in [2.45, 2.75) is 18.9 Å². The molecule has 1 saturated heterocycles. The number of amides is 1. The highest BCUT2D eigenvalue weighted by Gasteiger charge is 2.32. The minimum atomic E-state index is -0.0238. The van der Waals surface area contributed by atoms with Crippen molar-refractivity contribution in [3.05, 3.63) is 23.8 Å². The Morgan fingerprint density at radius 1 is 1.50 bits per heavy atom. The molecule has 0 aromatic heterocycles. The van der Waals surface area contributed by atoms with E-state index in [4.69, 9.17) is 10.5 Å². The van der Waals surface area contributed by atoms with Gasteiger partial charge in [0.2, 0.25) is 0 Å². The fraction of sp³-hybridized carbons (Fsp3) is 0.533. The molecule has 1 aromatic carbocycles. The molecule has 20 heavy (non-hydrogen) atoms. The van der Waals surface area contributed by atoms with E-state index in [1.165, 1.54) is 0 Å². The third-order valence-corrected chi connectivity index (χ3v) is 3.71. The van der Waals surface area contributed by atoms with E-state index in [0.717, 1.165) is 25.9 Å². The van der Waals surface area contributed by atoms with E-state index >= 15 is 0 Å². The summed E-state index contributed by atoms with van der Waals surface area (Å²) in [6.07, 6.45) is 2.08. The average Bonchev–Trinajstić information content (AvgIpc) is 2.84. The van der Waals surface area contributed by atoms with Gasteiger partial charge in [0.25, 0.3) is 5.91 Å². The van der Waals surface area contributed by atoms with Crippen molar-refractivity contribution in [2.24, 2.45) is 0 Å². The molecule has 110 valence electrons. The fourth-order valence-electron chi connectivity index (χ4n) is 2.81. The van der Waals surface area contributed by atoms with Crippen LogP contribution in [0, 0.1) is 0 Å². The van der Waals surface area contributed by atoms with Crippen LogP contribution in [0.1, 0.15) is 23.2 Å². The second-order valence-corrected chi connectivity index (χ2v) is 5.48. The van der Waals surface area contributed by atoms with Crippen LogP contribution in [0.4, 0.5) is 5.69 Å². The molecule has 0 bridgehead atoms. The molecular formula is C15H23N3O2. The first kappa shape index (κ1) is 14.7. The Kier molecular flexibility index (Phi) is 4.49. The van der Waals surface area contributed by atoms with E-state index in [0.29, 0.717) is 17.0 Å². The number of ether oxygens (including phenoxy) is 1. The lowest BCUT2D eigenvalue weighted by atomic mass is 10.1. The van der Waals surface area contributed by atoms with E-state index in [2.05, 4.69) is 4.90 Å². The van der Waals surface area contributed by atoms with Crippen LogP contribution in [0.15, 0.2) is 18.2 Å². The predicted molar refractivity (Wildman–Crippen MR) is 80.0 cm³/mol. The van der Waals surface area contributed by atoms with Crippen LogP contribution >= 0.6 is 0 Å². The van der Waals surface area contributed by atoms with Gasteiger partial charge in [-0.05, 0) is 39.1 Å². The summed E-state index contributed by atoms with van der Waals surface area (Å²) in [6, 6.07) is 5.57. The lowest BCUT2D eigenvalue weighted by Gasteiger charge is -2.28. The Morgan fingerprint density at radius 2 is 2.25 bits per heavy atom. The van der Waals surface area contributed by atoms with E-state index < -0.39 is 0 Å². The van der Waals surface area contributed by atoms with Gasteiger partial charge in [-0.25, -0.2) is 0 Å². The number of methoxy groups -OCH3 is 1. The van der Waals surface area contributed by atoms with Gasteiger partial charge in [-0.2, -0.15) is 0 Å². The number of nitrogens with two attached hydrogens (primary N) is 1. The van der Waals surface area contributed by atoms with Gasteiger partial charge in [0, 0.05) is 24.8 Å². The minimum absolute atomic E-state index is 0.0238. The number of carbonyl (C=O) groups is 1. The molecule has 2 rings (SSSR count). The Hall–Kier alpha value is -1.75. The topological polar surface area (TPSA) is 58.8 Å². The lowest BCUT2D eigenvalue weighted by molar-refractivity contribution is 0.0714. The molecule has 1 heterocycles. The molecule has 5 nitrogen and oxygen atoms in total. The first-order chi connectivity index (χ1) is 9.54. The Bertz CT molecular complexity index is 488. The van der Waals surface area contributed by atoms with Crippen LogP contribution in [0.2, 0.25) is 0 Å². The number of anilines is 1. The van der Waals surface area contributed by atoms with Crippen molar-refractivity contribution < 1.29 is 9.53 Å². The summed E-state index contributed by atoms with van der Waals surface area (Å²) in [7, 11) is 5.61. The molecule has 0 spiro atoms. The van der Waals surface area contributed by atoms with Crippen molar-refractivity contribution in [3.8, 4) is 5.75 Å². The second-order valence-electron chi connectivity index (χ2n) is 5.48. The van der Waals surface area contributed by atoms with Crippen molar-refractivity contribution >= 4 is 11.6 Å². The van der Waals surface area contributed by atoms with Crippen LogP contribution in [0.5, 0.6) is 5.75 Å². The van der Waals surface area contributed by atoms with Gasteiger partial charge in [0.05, 0.1) is 7.11 Å². The maximum absolute atomic E-state index is 12.8. The number of likely N-dealkylation sites (tertiary alicyclic amines) is 1. The number of nitrogens with zero attached hydrogens (tertiary/aromatic N) is 2. The molecule has 0 saturated carbocycles. The maximum atomic E-state index is 12.8. The highest BCUT2D eigenvalue weighted by atomic mass is 16.5. The molecule has 2 N–H and O–H groups in total. The summed E-state index contributed by atoms with van der Waals surface area (Å²) >= 11 is 0. The lowest BCUT2D eigenvalue weighted by Crippen LogP contribution is -2.41. The molecule has 0 radical (unpaired) electrons. The Labute approximate surface area is 120 Å². The molecule has 1 fully saturated rings. The van der Waals surface area contributed by atoms with Crippen molar-refractivity contribution in [3.63, 3.8) is 0 Å². The largest absolute Gasteiger partial charge is 0.496 e. The predicted octanol–water partition coefficient (Wildman–Crippen LogP) is 1.44. The number of hydrogen-bond acceptors (Lipinski definition) is 4. The molecule has 0 aliphatic carbocycles. The van der Waals surface area contributed by atoms with Crippen molar-refractivity contribution in [1.82, 2.24) is 9.80 Å². The van der Waals surface area contributed by atoms with E-state index in [1.54, 1.807) is 25.3 Å². The van der Waals surface area contributed by atoms with Crippen LogP contribution in [0.3, 0.4) is 0 Å². The average molecular weight is 277 g/mol. The normalized spacial score (nSPS) is 18.6. The zero-order chi connectivity index (χ0) is 14.7. The van der Waals surface area contributed by atoms with Gasteiger partial charge in [-0.3, -0.25) is 4.79 Å². The zero-order valence-corrected chi connectivity index (χ0v) is 12.4. The minimum Gasteiger partial charge on any atom is -0.496 e. The third-order valence-electron chi connectivity index (χ3n) is 3.71. The number of nitrogen functional groups attached to an aromatic ring is 1. The number of rotatable bonds is 4. The first-order valence-corrected chi connectivity index (χ1v) is 6.92. The molecule has 1 aliphatic rings. The molecule has 1 amide bonds. The molecule has 1 aromatic rings. The first-order valence-electron chi connectivity index (χ1n) is 6.92. The number of hydrogen-bond donors (Lipinski definition) is 1. The SMILES string of the molecule is COc1cccc(N)c1C(=O)N1CCCC1CN(C)C. The smallest absolute Gasteiger partial charge is 0.260 e. The van der Waals surface area contributed by atoms with Gasteiger partial charge in [-0.1, -0.05) is 6.07 Å². The van der Waals surface area contributed by atoms with Crippen molar-refractivity contribution in [2.75, 3.05) is 40.0 Å². The highest BCUT2D eigenvalue weighted by molar-refractivity contribution is 6.02.